The summed E-state index contributed by atoms with van der Waals surface area (Å²) in [4.78, 5) is 11.8. The molecule has 1 fully saturated rings. The van der Waals surface area contributed by atoms with Gasteiger partial charge in [0.15, 0.2) is 15.6 Å². The van der Waals surface area contributed by atoms with E-state index in [9.17, 15) is 13.2 Å². The van der Waals surface area contributed by atoms with E-state index in [1.54, 1.807) is 20.8 Å². The molecule has 0 N–H and O–H groups in total. The molecule has 4 heteroatoms. The van der Waals surface area contributed by atoms with E-state index in [4.69, 9.17) is 0 Å². The van der Waals surface area contributed by atoms with Gasteiger partial charge in [0, 0.05) is 5.41 Å². The van der Waals surface area contributed by atoms with E-state index in [2.05, 4.69) is 6.92 Å². The maximum absolute atomic E-state index is 12.2. The van der Waals surface area contributed by atoms with E-state index in [1.165, 1.54) is 0 Å². The molecule has 0 heterocycles. The smallest absolute Gasteiger partial charge is 0.160 e. The Morgan fingerprint density at radius 2 is 1.82 bits per heavy atom. The van der Waals surface area contributed by atoms with Gasteiger partial charge in [-0.15, -0.1) is 0 Å². The molecule has 0 saturated heterocycles. The van der Waals surface area contributed by atoms with Crippen LogP contribution < -0.4 is 0 Å². The number of carbonyl (C=O) groups excluding carboxylic acids is 1. The minimum atomic E-state index is -3.25. The molecule has 2 atom stereocenters. The lowest BCUT2D eigenvalue weighted by Crippen LogP contribution is -2.35. The molecule has 100 valence electrons. The first-order chi connectivity index (χ1) is 7.63. The summed E-state index contributed by atoms with van der Waals surface area (Å²) in [7, 11) is -3.25. The average Bonchev–Trinajstić information content (AvgIpc) is 2.15. The molecule has 0 aliphatic heterocycles. The summed E-state index contributed by atoms with van der Waals surface area (Å²) in [6, 6.07) is 0. The van der Waals surface area contributed by atoms with Crippen LogP contribution in [0, 0.1) is 11.3 Å². The van der Waals surface area contributed by atoms with Gasteiger partial charge in [0.1, 0.15) is 5.75 Å². The largest absolute Gasteiger partial charge is 0.298 e. The van der Waals surface area contributed by atoms with Crippen molar-refractivity contribution in [3.05, 3.63) is 0 Å². The second-order valence-corrected chi connectivity index (χ2v) is 8.66. The van der Waals surface area contributed by atoms with Crippen LogP contribution in [0.25, 0.3) is 0 Å². The fourth-order valence-corrected chi connectivity index (χ4v) is 4.40. The van der Waals surface area contributed by atoms with Crippen LogP contribution in [0.4, 0.5) is 0 Å². The molecule has 0 aromatic heterocycles. The maximum atomic E-state index is 12.2. The van der Waals surface area contributed by atoms with E-state index < -0.39 is 15.3 Å². The monoisotopic (exact) mass is 260 g/mol. The third kappa shape index (κ3) is 4.09. The fourth-order valence-electron chi connectivity index (χ4n) is 2.22. The van der Waals surface area contributed by atoms with E-state index in [-0.39, 0.29) is 16.8 Å². The maximum Gasteiger partial charge on any atom is 0.160 e. The number of Topliss-reactive ketones (excluding diaryl/α,β-unsaturated/α-hetero) is 1. The van der Waals surface area contributed by atoms with Crippen LogP contribution in [0.3, 0.4) is 0 Å². The van der Waals surface area contributed by atoms with Crippen molar-refractivity contribution in [3.63, 3.8) is 0 Å². The minimum absolute atomic E-state index is 0.171. The molecule has 0 aromatic rings. The summed E-state index contributed by atoms with van der Waals surface area (Å²) in [5.74, 6) is 0.0115. The van der Waals surface area contributed by atoms with Crippen LogP contribution in [0.2, 0.25) is 0 Å². The number of hydrogen-bond acceptors (Lipinski definition) is 3. The number of sulfone groups is 1. The van der Waals surface area contributed by atoms with Crippen molar-refractivity contribution in [1.82, 2.24) is 0 Å². The van der Waals surface area contributed by atoms with E-state index in [0.717, 1.165) is 25.7 Å². The highest BCUT2D eigenvalue weighted by Gasteiger charge is 2.34. The van der Waals surface area contributed by atoms with Gasteiger partial charge in [0.05, 0.1) is 5.25 Å². The highest BCUT2D eigenvalue weighted by atomic mass is 32.2. The second kappa shape index (κ2) is 5.09. The standard InChI is InChI=1S/C13H24O3S/c1-10-6-5-7-11(8-10)17(15,16)9-12(14)13(2,3)4/h10-11H,5-9H2,1-4H3. The molecular formula is C13H24O3S. The highest BCUT2D eigenvalue weighted by molar-refractivity contribution is 7.92. The van der Waals surface area contributed by atoms with Gasteiger partial charge in [-0.25, -0.2) is 8.42 Å². The lowest BCUT2D eigenvalue weighted by molar-refractivity contribution is -0.123. The molecule has 0 radical (unpaired) electrons. The van der Waals surface area contributed by atoms with E-state index in [1.807, 2.05) is 0 Å². The van der Waals surface area contributed by atoms with Crippen LogP contribution in [0.5, 0.6) is 0 Å². The lowest BCUT2D eigenvalue weighted by atomic mass is 9.90. The Hall–Kier alpha value is -0.380. The summed E-state index contributed by atoms with van der Waals surface area (Å²) >= 11 is 0. The zero-order chi connectivity index (χ0) is 13.3. The lowest BCUT2D eigenvalue weighted by Gasteiger charge is -2.27. The van der Waals surface area contributed by atoms with Gasteiger partial charge in [-0.05, 0) is 18.8 Å². The van der Waals surface area contributed by atoms with Crippen LogP contribution in [-0.4, -0.2) is 25.2 Å². The SMILES string of the molecule is CC1CCCC(S(=O)(=O)CC(=O)C(C)(C)C)C1. The van der Waals surface area contributed by atoms with Crippen molar-refractivity contribution in [2.75, 3.05) is 5.75 Å². The van der Waals surface area contributed by atoms with Crippen molar-refractivity contribution in [3.8, 4) is 0 Å². The molecule has 17 heavy (non-hydrogen) atoms. The summed E-state index contributed by atoms with van der Waals surface area (Å²) in [6.07, 6.45) is 3.53. The number of carbonyl (C=O) groups is 1. The predicted octanol–water partition coefficient (Wildman–Crippen LogP) is 2.60. The van der Waals surface area contributed by atoms with Crippen LogP contribution >= 0.6 is 0 Å². The molecule has 3 nitrogen and oxygen atoms in total. The van der Waals surface area contributed by atoms with Gasteiger partial charge in [-0.2, -0.15) is 0 Å². The molecular weight excluding hydrogens is 236 g/mol. The first-order valence-electron chi connectivity index (χ1n) is 6.38. The van der Waals surface area contributed by atoms with E-state index >= 15 is 0 Å². The normalized spacial score (nSPS) is 26.8. The Bertz CT molecular complexity index is 376. The summed E-state index contributed by atoms with van der Waals surface area (Å²) < 4.78 is 24.3. The molecule has 0 amide bonds. The second-order valence-electron chi connectivity index (χ2n) is 6.37. The highest BCUT2D eigenvalue weighted by Crippen LogP contribution is 2.29. The number of rotatable bonds is 3. The zero-order valence-corrected chi connectivity index (χ0v) is 12.1. The van der Waals surface area contributed by atoms with Gasteiger partial charge in [0.25, 0.3) is 0 Å². The summed E-state index contributed by atoms with van der Waals surface area (Å²) in [5.41, 5.74) is -0.562. The van der Waals surface area contributed by atoms with Crippen molar-refractivity contribution in [1.29, 1.82) is 0 Å². The topological polar surface area (TPSA) is 51.2 Å². The molecule has 1 saturated carbocycles. The van der Waals surface area contributed by atoms with Gasteiger partial charge in [0.2, 0.25) is 0 Å². The Balaban J connectivity index is 2.72. The van der Waals surface area contributed by atoms with Crippen molar-refractivity contribution >= 4 is 15.6 Å². The Morgan fingerprint density at radius 3 is 2.29 bits per heavy atom. The molecule has 1 rings (SSSR count). The number of ketones is 1. The van der Waals surface area contributed by atoms with E-state index in [0.29, 0.717) is 5.92 Å². The van der Waals surface area contributed by atoms with Gasteiger partial charge >= 0.3 is 0 Å². The molecule has 1 aliphatic rings. The zero-order valence-electron chi connectivity index (χ0n) is 11.3. The molecule has 0 aromatic carbocycles. The quantitative estimate of drug-likeness (QED) is 0.783. The summed E-state index contributed by atoms with van der Waals surface area (Å²) in [6.45, 7) is 7.41. The van der Waals surface area contributed by atoms with Crippen molar-refractivity contribution in [2.45, 2.75) is 58.6 Å². The fraction of sp³-hybridized carbons (Fsp3) is 0.923. The molecule has 1 aliphatic carbocycles. The third-order valence-corrected chi connectivity index (χ3v) is 5.67. The number of hydrogen-bond donors (Lipinski definition) is 0. The first-order valence-corrected chi connectivity index (χ1v) is 8.09. The van der Waals surface area contributed by atoms with Crippen LogP contribution in [0.15, 0.2) is 0 Å². The minimum Gasteiger partial charge on any atom is -0.298 e. The molecule has 0 bridgehead atoms. The Morgan fingerprint density at radius 1 is 1.24 bits per heavy atom. The van der Waals surface area contributed by atoms with Gasteiger partial charge in [-0.3, -0.25) is 4.79 Å². The van der Waals surface area contributed by atoms with Crippen molar-refractivity contribution in [2.24, 2.45) is 11.3 Å². The van der Waals surface area contributed by atoms with Crippen LogP contribution in [-0.2, 0) is 14.6 Å². The first kappa shape index (κ1) is 14.7. The predicted molar refractivity (Wildman–Crippen MR) is 69.7 cm³/mol. The van der Waals surface area contributed by atoms with Crippen LogP contribution in [0.1, 0.15) is 53.4 Å². The third-order valence-electron chi connectivity index (χ3n) is 3.56. The van der Waals surface area contributed by atoms with Crippen molar-refractivity contribution < 1.29 is 13.2 Å². The molecule has 0 spiro atoms. The Kier molecular flexibility index (Phi) is 4.39. The Labute approximate surface area is 105 Å². The average molecular weight is 260 g/mol. The summed E-state index contributed by atoms with van der Waals surface area (Å²) in [5, 5.41) is -0.294. The molecule has 2 unspecified atom stereocenters. The van der Waals surface area contributed by atoms with Gasteiger partial charge < -0.3 is 0 Å². The van der Waals surface area contributed by atoms with Gasteiger partial charge in [-0.1, -0.05) is 40.5 Å².